The van der Waals surface area contributed by atoms with Gasteiger partial charge in [0.05, 0.1) is 52.9 Å². The summed E-state index contributed by atoms with van der Waals surface area (Å²) < 4.78 is 22.2. The van der Waals surface area contributed by atoms with Crippen LogP contribution in [-0.4, -0.2) is 114 Å². The lowest BCUT2D eigenvalue weighted by molar-refractivity contribution is -0.122. The van der Waals surface area contributed by atoms with E-state index in [2.05, 4.69) is 10.2 Å². The van der Waals surface area contributed by atoms with Crippen LogP contribution >= 0.6 is 0 Å². The third-order valence-electron chi connectivity index (χ3n) is 6.96. The quantitative estimate of drug-likeness (QED) is 0.193. The van der Waals surface area contributed by atoms with Crippen molar-refractivity contribution in [1.29, 1.82) is 0 Å². The van der Waals surface area contributed by atoms with Crippen molar-refractivity contribution in [2.24, 2.45) is 17.5 Å². The zero-order valence-corrected chi connectivity index (χ0v) is 22.5. The molecule has 10 nitrogen and oxygen atoms in total. The lowest BCUT2D eigenvalue weighted by atomic mass is 9.90. The number of piperazine rings is 1. The molecule has 0 aromatic heterocycles. The van der Waals surface area contributed by atoms with E-state index in [4.69, 9.17) is 30.5 Å². The van der Waals surface area contributed by atoms with Gasteiger partial charge in [0.2, 0.25) is 5.91 Å². The molecular formula is C26H53N5O5. The maximum atomic E-state index is 12.1. The van der Waals surface area contributed by atoms with Crippen LogP contribution in [0.5, 0.6) is 0 Å². The first-order valence-corrected chi connectivity index (χ1v) is 14.2. The molecule has 1 aliphatic heterocycles. The Morgan fingerprint density at radius 2 is 1.31 bits per heavy atom. The van der Waals surface area contributed by atoms with Crippen molar-refractivity contribution in [3.8, 4) is 0 Å². The predicted molar refractivity (Wildman–Crippen MR) is 142 cm³/mol. The average molecular weight is 516 g/mol. The van der Waals surface area contributed by atoms with Crippen LogP contribution in [0.4, 0.5) is 0 Å². The SMILES string of the molecule is NC1CCCCCCCC(CNC(=O)CCOCCOCCOCCOCCN2CCN(N)CC2)C1. The summed E-state index contributed by atoms with van der Waals surface area (Å²) in [6.45, 7) is 9.83. The third-order valence-corrected chi connectivity index (χ3v) is 6.96. The lowest BCUT2D eigenvalue weighted by Crippen LogP contribution is -2.50. The van der Waals surface area contributed by atoms with E-state index < -0.39 is 0 Å². The third kappa shape index (κ3) is 16.8. The zero-order valence-electron chi connectivity index (χ0n) is 22.5. The van der Waals surface area contributed by atoms with E-state index in [1.807, 2.05) is 5.01 Å². The Morgan fingerprint density at radius 1 is 0.750 bits per heavy atom. The summed E-state index contributed by atoms with van der Waals surface area (Å²) in [5.74, 6) is 6.30. The molecule has 1 amide bonds. The van der Waals surface area contributed by atoms with Crippen LogP contribution in [0.25, 0.3) is 0 Å². The molecule has 1 saturated carbocycles. The molecule has 1 heterocycles. The largest absolute Gasteiger partial charge is 0.379 e. The van der Waals surface area contributed by atoms with E-state index in [1.54, 1.807) is 0 Å². The van der Waals surface area contributed by atoms with Gasteiger partial charge in [0.25, 0.3) is 0 Å². The lowest BCUT2D eigenvalue weighted by Gasteiger charge is -2.31. The molecule has 0 radical (unpaired) electrons. The second-order valence-corrected chi connectivity index (χ2v) is 10.1. The number of hydrazine groups is 1. The fourth-order valence-corrected chi connectivity index (χ4v) is 4.67. The van der Waals surface area contributed by atoms with Crippen LogP contribution in [-0.2, 0) is 23.7 Å². The van der Waals surface area contributed by atoms with E-state index >= 15 is 0 Å². The highest BCUT2D eigenvalue weighted by atomic mass is 16.6. The van der Waals surface area contributed by atoms with Gasteiger partial charge in [-0.3, -0.25) is 15.5 Å². The van der Waals surface area contributed by atoms with Crippen molar-refractivity contribution in [1.82, 2.24) is 15.2 Å². The van der Waals surface area contributed by atoms with Crippen LogP contribution in [0.3, 0.4) is 0 Å². The van der Waals surface area contributed by atoms with Crippen molar-refractivity contribution in [3.05, 3.63) is 0 Å². The number of rotatable bonds is 17. The number of carbonyl (C=O) groups excluding carboxylic acids is 1. The maximum Gasteiger partial charge on any atom is 0.222 e. The summed E-state index contributed by atoms with van der Waals surface area (Å²) in [5, 5.41) is 4.94. The summed E-state index contributed by atoms with van der Waals surface area (Å²) >= 11 is 0. The molecule has 0 aromatic rings. The zero-order chi connectivity index (χ0) is 25.7. The van der Waals surface area contributed by atoms with Gasteiger partial charge in [0.1, 0.15) is 0 Å². The average Bonchev–Trinajstić information content (AvgIpc) is 2.87. The summed E-state index contributed by atoms with van der Waals surface area (Å²) in [6, 6.07) is 0.265. The van der Waals surface area contributed by atoms with E-state index in [1.165, 1.54) is 32.1 Å². The van der Waals surface area contributed by atoms with Crippen molar-refractivity contribution >= 4 is 5.91 Å². The number of hydrogen-bond acceptors (Lipinski definition) is 9. The van der Waals surface area contributed by atoms with E-state index in [9.17, 15) is 4.79 Å². The number of hydrogen-bond donors (Lipinski definition) is 3. The molecule has 5 N–H and O–H groups in total. The van der Waals surface area contributed by atoms with Crippen LogP contribution in [0.1, 0.15) is 57.8 Å². The van der Waals surface area contributed by atoms with Gasteiger partial charge >= 0.3 is 0 Å². The number of carbonyl (C=O) groups is 1. The highest BCUT2D eigenvalue weighted by Gasteiger charge is 2.16. The first-order valence-electron chi connectivity index (χ1n) is 14.2. The van der Waals surface area contributed by atoms with Crippen molar-refractivity contribution in [2.45, 2.75) is 63.8 Å². The van der Waals surface area contributed by atoms with Crippen LogP contribution in [0.15, 0.2) is 0 Å². The summed E-state index contributed by atoms with van der Waals surface area (Å²) in [7, 11) is 0. The molecule has 2 aliphatic rings. The maximum absolute atomic E-state index is 12.1. The van der Waals surface area contributed by atoms with Gasteiger partial charge in [-0.25, -0.2) is 5.01 Å². The van der Waals surface area contributed by atoms with Crippen LogP contribution < -0.4 is 16.9 Å². The topological polar surface area (TPSA) is 125 Å². The highest BCUT2D eigenvalue weighted by Crippen LogP contribution is 2.20. The fourth-order valence-electron chi connectivity index (χ4n) is 4.67. The molecular weight excluding hydrogens is 462 g/mol. The first kappa shape index (κ1) is 31.4. The Bertz CT molecular complexity index is 537. The first-order chi connectivity index (χ1) is 17.6. The molecule has 36 heavy (non-hydrogen) atoms. The number of ether oxygens (including phenoxy) is 4. The van der Waals surface area contributed by atoms with Gasteiger partial charge in [-0.2, -0.15) is 0 Å². The Morgan fingerprint density at radius 3 is 1.97 bits per heavy atom. The van der Waals surface area contributed by atoms with Crippen molar-refractivity contribution < 1.29 is 23.7 Å². The monoisotopic (exact) mass is 515 g/mol. The number of nitrogens with two attached hydrogens (primary N) is 2. The Kier molecular flexibility index (Phi) is 18.4. The highest BCUT2D eigenvalue weighted by molar-refractivity contribution is 5.75. The van der Waals surface area contributed by atoms with Crippen LogP contribution in [0.2, 0.25) is 0 Å². The van der Waals surface area contributed by atoms with E-state index in [-0.39, 0.29) is 11.9 Å². The molecule has 1 aliphatic carbocycles. The van der Waals surface area contributed by atoms with Crippen molar-refractivity contribution in [3.63, 3.8) is 0 Å². The van der Waals surface area contributed by atoms with Gasteiger partial charge in [0, 0.05) is 51.7 Å². The molecule has 10 heteroatoms. The molecule has 1 saturated heterocycles. The second-order valence-electron chi connectivity index (χ2n) is 10.1. The van der Waals surface area contributed by atoms with Gasteiger partial charge in [-0.15, -0.1) is 0 Å². The standard InChI is InChI=1S/C26H53N5O5/c27-25-7-5-3-1-2-4-6-24(22-25)23-29-26(32)8-14-33-16-18-35-20-21-36-19-17-34-15-13-30-9-11-31(28)12-10-30/h24-25H,1-23,27-28H2,(H,29,32). The summed E-state index contributed by atoms with van der Waals surface area (Å²) in [6.07, 6.45) is 10.0. The Hall–Kier alpha value is -0.850. The smallest absolute Gasteiger partial charge is 0.222 e. The van der Waals surface area contributed by atoms with Crippen molar-refractivity contribution in [2.75, 3.05) is 92.1 Å². The Balaban J connectivity index is 1.31. The molecule has 2 atom stereocenters. The fraction of sp³-hybridized carbons (Fsp3) is 0.962. The summed E-state index contributed by atoms with van der Waals surface area (Å²) in [4.78, 5) is 14.5. The predicted octanol–water partition coefficient (Wildman–Crippen LogP) is 1.13. The van der Waals surface area contributed by atoms with E-state index in [0.717, 1.165) is 58.5 Å². The van der Waals surface area contributed by atoms with Gasteiger partial charge in [0.15, 0.2) is 0 Å². The minimum absolute atomic E-state index is 0.0512. The molecule has 0 aromatic carbocycles. The number of nitrogens with zero attached hydrogens (tertiary/aromatic N) is 2. The Labute approximate surface area is 218 Å². The molecule has 2 rings (SSSR count). The normalized spacial score (nSPS) is 22.9. The van der Waals surface area contributed by atoms with E-state index in [0.29, 0.717) is 65.2 Å². The van der Waals surface area contributed by atoms with Crippen LogP contribution in [0, 0.1) is 5.92 Å². The molecule has 212 valence electrons. The van der Waals surface area contributed by atoms with Gasteiger partial charge < -0.3 is 30.0 Å². The van der Waals surface area contributed by atoms with Gasteiger partial charge in [-0.1, -0.05) is 32.1 Å². The second kappa shape index (κ2) is 21.1. The molecule has 0 bridgehead atoms. The number of amides is 1. The van der Waals surface area contributed by atoms with Gasteiger partial charge in [-0.05, 0) is 25.2 Å². The molecule has 2 fully saturated rings. The number of nitrogens with one attached hydrogen (secondary N) is 1. The molecule has 0 spiro atoms. The minimum atomic E-state index is 0.0512. The minimum Gasteiger partial charge on any atom is -0.379 e. The summed E-state index contributed by atoms with van der Waals surface area (Å²) in [5.41, 5.74) is 6.27. The molecule has 2 unspecified atom stereocenters.